The van der Waals surface area contributed by atoms with Gasteiger partial charge in [0.25, 0.3) is 0 Å². The molecule has 7 aliphatic rings. The summed E-state index contributed by atoms with van der Waals surface area (Å²) >= 11 is 0. The minimum Gasteiger partial charge on any atom is -0.463 e. The van der Waals surface area contributed by atoms with E-state index in [1.54, 1.807) is 6.92 Å². The van der Waals surface area contributed by atoms with Gasteiger partial charge in [0.1, 0.15) is 11.2 Å². The van der Waals surface area contributed by atoms with Gasteiger partial charge in [0.05, 0.1) is 31.0 Å². The van der Waals surface area contributed by atoms with Gasteiger partial charge in [-0.1, -0.05) is 58.4 Å². The second-order valence-electron chi connectivity index (χ2n) is 17.3. The molecule has 9 nitrogen and oxygen atoms in total. The summed E-state index contributed by atoms with van der Waals surface area (Å²) in [5.74, 6) is 0.627. The van der Waals surface area contributed by atoms with Crippen LogP contribution >= 0.6 is 0 Å². The second-order valence-corrected chi connectivity index (χ2v) is 17.3. The van der Waals surface area contributed by atoms with Crippen LogP contribution in [0, 0.1) is 65.1 Å². The van der Waals surface area contributed by atoms with E-state index in [0.29, 0.717) is 36.5 Å². The third kappa shape index (κ3) is 10.1. The number of aliphatic hydroxyl groups is 1. The molecule has 1 heterocycles. The molecule has 1 N–H and O–H groups in total. The van der Waals surface area contributed by atoms with E-state index in [0.717, 1.165) is 50.4 Å². The van der Waals surface area contributed by atoms with Crippen molar-refractivity contribution in [2.75, 3.05) is 6.61 Å². The normalized spacial score (nSPS) is 36.4. The molecule has 9 atom stereocenters. The van der Waals surface area contributed by atoms with Crippen molar-refractivity contribution in [3.63, 3.8) is 0 Å². The fourth-order valence-electron chi connectivity index (χ4n) is 10.9. The number of esters is 4. The molecule has 0 aromatic rings. The molecule has 0 radical (unpaired) electrons. The van der Waals surface area contributed by atoms with E-state index in [2.05, 4.69) is 13.8 Å². The number of cyclic esters (lactones) is 1. The van der Waals surface area contributed by atoms with Gasteiger partial charge in [-0.2, -0.15) is 0 Å². The Hall–Kier alpha value is -2.16. The largest absolute Gasteiger partial charge is 0.463 e. The van der Waals surface area contributed by atoms with Gasteiger partial charge in [-0.05, 0) is 139 Å². The molecular formula is C43H80O9. The number of carbonyl (C=O) groups excluding carboxylic acids is 4. The average molecular weight is 741 g/mol. The van der Waals surface area contributed by atoms with Crippen molar-refractivity contribution in [3.05, 3.63) is 0 Å². The molecule has 1 saturated heterocycles. The topological polar surface area (TPSA) is 125 Å². The smallest absolute Gasteiger partial charge is 0.347 e. The minimum absolute atomic E-state index is 0. The third-order valence-corrected chi connectivity index (χ3v) is 13.1. The number of hydrogen-bond acceptors (Lipinski definition) is 9. The maximum Gasteiger partial charge on any atom is 0.347 e. The molecule has 0 aromatic heterocycles. The summed E-state index contributed by atoms with van der Waals surface area (Å²) in [6.45, 7) is 11.9. The number of hydrogen-bond donors (Lipinski definition) is 1. The van der Waals surface area contributed by atoms with Gasteiger partial charge in [-0.3, -0.25) is 14.4 Å². The fourth-order valence-corrected chi connectivity index (χ4v) is 10.9. The summed E-state index contributed by atoms with van der Waals surface area (Å²) in [5, 5.41) is 11.2. The predicted molar refractivity (Wildman–Crippen MR) is 208 cm³/mol. The lowest BCUT2D eigenvalue weighted by Gasteiger charge is -2.59. The number of aliphatic hydroxyl groups excluding tert-OH is 1. The van der Waals surface area contributed by atoms with Crippen molar-refractivity contribution < 1.29 is 43.2 Å². The molecule has 0 aromatic carbocycles. The highest BCUT2D eigenvalue weighted by molar-refractivity contribution is 5.82. The predicted octanol–water partition coefficient (Wildman–Crippen LogP) is 9.45. The quantitative estimate of drug-likeness (QED) is 0.163. The van der Waals surface area contributed by atoms with Crippen LogP contribution in [0.15, 0.2) is 0 Å². The monoisotopic (exact) mass is 741 g/mol. The third-order valence-electron chi connectivity index (χ3n) is 13.1. The Bertz CT molecular complexity index is 1160. The van der Waals surface area contributed by atoms with Gasteiger partial charge < -0.3 is 24.1 Å². The Morgan fingerprint density at radius 1 is 0.904 bits per heavy atom. The maximum atomic E-state index is 14.3. The molecule has 6 saturated carbocycles. The van der Waals surface area contributed by atoms with E-state index in [9.17, 15) is 24.3 Å². The highest BCUT2D eigenvalue weighted by Crippen LogP contribution is 2.61. The first kappa shape index (κ1) is 49.8. The van der Waals surface area contributed by atoms with Crippen molar-refractivity contribution in [1.82, 2.24) is 0 Å². The summed E-state index contributed by atoms with van der Waals surface area (Å²) in [4.78, 5) is 52.1. The summed E-state index contributed by atoms with van der Waals surface area (Å²) in [6, 6.07) is 0. The first-order valence-electron chi connectivity index (χ1n) is 18.1. The van der Waals surface area contributed by atoms with Gasteiger partial charge in [-0.15, -0.1) is 0 Å². The lowest BCUT2D eigenvalue weighted by atomic mass is 9.50. The average Bonchev–Trinajstić information content (AvgIpc) is 3.65. The molecule has 0 amide bonds. The lowest BCUT2D eigenvalue weighted by Crippen LogP contribution is -2.58. The van der Waals surface area contributed by atoms with E-state index >= 15 is 0 Å². The van der Waals surface area contributed by atoms with Gasteiger partial charge in [-0.25, -0.2) is 4.79 Å². The number of ether oxygens (including phenoxy) is 4. The van der Waals surface area contributed by atoms with Crippen LogP contribution in [0.5, 0.6) is 0 Å². The highest BCUT2D eigenvalue weighted by Gasteiger charge is 2.58. The van der Waals surface area contributed by atoms with E-state index in [-0.39, 0.29) is 87.7 Å². The highest BCUT2D eigenvalue weighted by atomic mass is 16.6. The molecule has 0 spiro atoms. The molecular weight excluding hydrogens is 660 g/mol. The standard InChI is InChI=1S/C37H56O9.6CH4/c1-19(33(40)44-31-7-8-43-35(31)42)9-24(34(41)46-37(6)25-11-21-10-22(13-25)14-26(37)12-21)17-27-20(2)23-15-28(27)29(16-23)30(38)18-32(39)45-36(3,4)5;;;;;;/h19-31,38H,7-18H2,1-6H3;6*1H4. The Kier molecular flexibility index (Phi) is 18.1. The number of rotatable bonds is 11. The van der Waals surface area contributed by atoms with Crippen LogP contribution in [0.2, 0.25) is 0 Å². The molecule has 7 rings (SSSR count). The van der Waals surface area contributed by atoms with E-state index < -0.39 is 53.2 Å². The van der Waals surface area contributed by atoms with Crippen LogP contribution in [0.1, 0.15) is 157 Å². The minimum atomic E-state index is -0.884. The maximum absolute atomic E-state index is 14.3. The lowest BCUT2D eigenvalue weighted by molar-refractivity contribution is -0.208. The fraction of sp³-hybridized carbons (Fsp3) is 0.907. The van der Waals surface area contributed by atoms with E-state index in [1.165, 1.54) is 6.42 Å². The Morgan fingerprint density at radius 2 is 1.48 bits per heavy atom. The van der Waals surface area contributed by atoms with Crippen LogP contribution in [0.4, 0.5) is 0 Å². The molecule has 6 aliphatic carbocycles. The first-order chi connectivity index (χ1) is 21.6. The van der Waals surface area contributed by atoms with Gasteiger partial charge >= 0.3 is 23.9 Å². The van der Waals surface area contributed by atoms with Crippen LogP contribution in [0.3, 0.4) is 0 Å². The van der Waals surface area contributed by atoms with Crippen LogP contribution < -0.4 is 0 Å². The molecule has 9 heteroatoms. The molecule has 306 valence electrons. The van der Waals surface area contributed by atoms with Gasteiger partial charge in [0.15, 0.2) is 0 Å². The SMILES string of the molecule is C.C.C.C.C.C.CC(CC(CC1C(C)C2CC(C(O)CC(=O)OC(C)(C)C)C1C2)C(=O)OC1(C)C2CC3CC(C2)CC1C3)C(=O)OC1CCOC1=O. The van der Waals surface area contributed by atoms with Crippen molar-refractivity contribution >= 4 is 23.9 Å². The van der Waals surface area contributed by atoms with Crippen molar-refractivity contribution in [2.24, 2.45) is 65.1 Å². The van der Waals surface area contributed by atoms with Gasteiger partial charge in [0, 0.05) is 6.42 Å². The second kappa shape index (κ2) is 18.9. The zero-order valence-electron chi connectivity index (χ0n) is 28.7. The van der Waals surface area contributed by atoms with Crippen molar-refractivity contribution in [3.8, 4) is 0 Å². The summed E-state index contributed by atoms with van der Waals surface area (Å²) < 4.78 is 22.6. The number of carbonyl (C=O) groups is 4. The van der Waals surface area contributed by atoms with Crippen LogP contribution in [0.25, 0.3) is 0 Å². The van der Waals surface area contributed by atoms with Gasteiger partial charge in [0.2, 0.25) is 6.10 Å². The van der Waals surface area contributed by atoms with Crippen molar-refractivity contribution in [1.29, 1.82) is 0 Å². The number of fused-ring (bicyclic) bond motifs is 2. The van der Waals surface area contributed by atoms with E-state index in [1.807, 2.05) is 20.8 Å². The summed E-state index contributed by atoms with van der Waals surface area (Å²) in [6.07, 6.45) is 7.14. The molecule has 6 bridgehead atoms. The van der Waals surface area contributed by atoms with Crippen molar-refractivity contribution in [2.45, 2.75) is 180 Å². The molecule has 7 fully saturated rings. The molecule has 52 heavy (non-hydrogen) atoms. The molecule has 9 unspecified atom stereocenters. The van der Waals surface area contributed by atoms with E-state index in [4.69, 9.17) is 18.9 Å². The first-order valence-corrected chi connectivity index (χ1v) is 18.1. The molecule has 1 aliphatic heterocycles. The zero-order valence-corrected chi connectivity index (χ0v) is 28.7. The Balaban J connectivity index is 0.00000433. The summed E-state index contributed by atoms with van der Waals surface area (Å²) in [7, 11) is 0. The Labute approximate surface area is 318 Å². The van der Waals surface area contributed by atoms with Crippen LogP contribution in [-0.4, -0.2) is 59.0 Å². The zero-order chi connectivity index (χ0) is 33.1. The summed E-state index contributed by atoms with van der Waals surface area (Å²) in [5.41, 5.74) is -1.09. The van der Waals surface area contributed by atoms with Crippen LogP contribution in [-0.2, 0) is 38.1 Å². The Morgan fingerprint density at radius 3 is 1.98 bits per heavy atom.